The van der Waals surface area contributed by atoms with Crippen LogP contribution in [0.4, 0.5) is 11.5 Å². The quantitative estimate of drug-likeness (QED) is 0.607. The van der Waals surface area contributed by atoms with Gasteiger partial charge in [0.2, 0.25) is 5.28 Å². The molecule has 1 aromatic heterocycles. The largest absolute Gasteiger partial charge is 0.469 e. The lowest BCUT2D eigenvalue weighted by atomic mass is 10.3. The van der Waals surface area contributed by atoms with Crippen LogP contribution in [0.15, 0.2) is 0 Å². The standard InChI is InChI=1S/C9H13ClN4O2/c1-5-7(11)8(14-9(10)13-5)12-4-3-6(15)16-2/h3-4,11H2,1-2H3,(H,12,13,14). The Hall–Kier alpha value is -1.56. The number of esters is 1. The van der Waals surface area contributed by atoms with Crippen LogP contribution in [0.2, 0.25) is 5.28 Å². The van der Waals surface area contributed by atoms with E-state index in [-0.39, 0.29) is 17.7 Å². The number of rotatable bonds is 4. The van der Waals surface area contributed by atoms with Crippen LogP contribution in [0.25, 0.3) is 0 Å². The Morgan fingerprint density at radius 3 is 2.88 bits per heavy atom. The van der Waals surface area contributed by atoms with Gasteiger partial charge in [0.1, 0.15) is 0 Å². The summed E-state index contributed by atoms with van der Waals surface area (Å²) < 4.78 is 4.50. The highest BCUT2D eigenvalue weighted by Crippen LogP contribution is 2.20. The maximum atomic E-state index is 10.9. The number of ether oxygens (including phenoxy) is 1. The number of halogens is 1. The van der Waals surface area contributed by atoms with E-state index in [0.717, 1.165) is 0 Å². The first-order valence-corrected chi connectivity index (χ1v) is 5.02. The third kappa shape index (κ3) is 3.23. The molecule has 7 heteroatoms. The van der Waals surface area contributed by atoms with Crippen molar-refractivity contribution in [1.82, 2.24) is 9.97 Å². The highest BCUT2D eigenvalue weighted by molar-refractivity contribution is 6.28. The second-order valence-electron chi connectivity index (χ2n) is 3.09. The van der Waals surface area contributed by atoms with Gasteiger partial charge in [0.05, 0.1) is 24.9 Å². The van der Waals surface area contributed by atoms with Gasteiger partial charge >= 0.3 is 5.97 Å². The van der Waals surface area contributed by atoms with Crippen LogP contribution in [-0.4, -0.2) is 29.6 Å². The van der Waals surface area contributed by atoms with E-state index >= 15 is 0 Å². The Morgan fingerprint density at radius 1 is 1.56 bits per heavy atom. The third-order valence-electron chi connectivity index (χ3n) is 1.96. The Morgan fingerprint density at radius 2 is 2.25 bits per heavy atom. The normalized spacial score (nSPS) is 9.94. The SMILES string of the molecule is COC(=O)CCNc1nc(Cl)nc(C)c1N. The number of hydrogen-bond acceptors (Lipinski definition) is 6. The number of carbonyl (C=O) groups excluding carboxylic acids is 1. The van der Waals surface area contributed by atoms with Crippen molar-refractivity contribution in [2.45, 2.75) is 13.3 Å². The Bertz CT molecular complexity index is 397. The molecule has 0 fully saturated rings. The lowest BCUT2D eigenvalue weighted by molar-refractivity contribution is -0.140. The molecule has 0 bridgehead atoms. The first-order chi connectivity index (χ1) is 7.54. The fourth-order valence-electron chi connectivity index (χ4n) is 1.07. The number of nitrogens with one attached hydrogen (secondary N) is 1. The van der Waals surface area contributed by atoms with E-state index in [1.807, 2.05) is 0 Å². The highest BCUT2D eigenvalue weighted by Gasteiger charge is 2.08. The van der Waals surface area contributed by atoms with Crippen molar-refractivity contribution in [3.63, 3.8) is 0 Å². The van der Waals surface area contributed by atoms with E-state index in [4.69, 9.17) is 17.3 Å². The Kier molecular flexibility index (Phi) is 4.30. The first-order valence-electron chi connectivity index (χ1n) is 4.65. The zero-order valence-electron chi connectivity index (χ0n) is 9.08. The van der Waals surface area contributed by atoms with E-state index in [2.05, 4.69) is 20.0 Å². The number of hydrogen-bond donors (Lipinski definition) is 2. The fourth-order valence-corrected chi connectivity index (χ4v) is 1.28. The van der Waals surface area contributed by atoms with Crippen LogP contribution in [0.1, 0.15) is 12.1 Å². The molecular weight excluding hydrogens is 232 g/mol. The summed E-state index contributed by atoms with van der Waals surface area (Å²) in [5.74, 6) is 0.129. The summed E-state index contributed by atoms with van der Waals surface area (Å²) in [6, 6.07) is 0. The van der Waals surface area contributed by atoms with Crippen molar-refractivity contribution < 1.29 is 9.53 Å². The lowest BCUT2D eigenvalue weighted by Gasteiger charge is -2.09. The zero-order valence-corrected chi connectivity index (χ0v) is 9.84. The average molecular weight is 245 g/mol. The van der Waals surface area contributed by atoms with Gasteiger partial charge in [-0.1, -0.05) is 0 Å². The predicted octanol–water partition coefficient (Wildman–Crippen LogP) is 0.996. The van der Waals surface area contributed by atoms with Crippen LogP contribution in [0, 0.1) is 6.92 Å². The van der Waals surface area contributed by atoms with Gasteiger partial charge < -0.3 is 15.8 Å². The van der Waals surface area contributed by atoms with Crippen LogP contribution < -0.4 is 11.1 Å². The summed E-state index contributed by atoms with van der Waals surface area (Å²) in [5.41, 5.74) is 6.76. The molecule has 0 atom stereocenters. The first kappa shape index (κ1) is 12.5. The smallest absolute Gasteiger partial charge is 0.307 e. The molecule has 1 heterocycles. The van der Waals surface area contributed by atoms with Gasteiger partial charge in [-0.3, -0.25) is 4.79 Å². The van der Waals surface area contributed by atoms with E-state index < -0.39 is 0 Å². The van der Waals surface area contributed by atoms with Crippen molar-refractivity contribution in [2.24, 2.45) is 0 Å². The van der Waals surface area contributed by atoms with E-state index in [1.54, 1.807) is 6.92 Å². The van der Waals surface area contributed by atoms with Gasteiger partial charge in [-0.2, -0.15) is 4.98 Å². The van der Waals surface area contributed by atoms with Gasteiger partial charge in [0.25, 0.3) is 0 Å². The Labute approximate surface area is 98.2 Å². The molecule has 1 rings (SSSR count). The molecule has 16 heavy (non-hydrogen) atoms. The molecular formula is C9H13ClN4O2. The molecule has 1 aromatic rings. The Balaban J connectivity index is 2.63. The molecule has 6 nitrogen and oxygen atoms in total. The van der Waals surface area contributed by atoms with Crippen LogP contribution >= 0.6 is 11.6 Å². The van der Waals surface area contributed by atoms with Crippen LogP contribution in [-0.2, 0) is 9.53 Å². The van der Waals surface area contributed by atoms with Crippen LogP contribution in [0.3, 0.4) is 0 Å². The fraction of sp³-hybridized carbons (Fsp3) is 0.444. The second-order valence-corrected chi connectivity index (χ2v) is 3.43. The van der Waals surface area contributed by atoms with Gasteiger partial charge in [0.15, 0.2) is 5.82 Å². The molecule has 0 saturated carbocycles. The average Bonchev–Trinajstić information content (AvgIpc) is 2.24. The van der Waals surface area contributed by atoms with E-state index in [0.29, 0.717) is 23.7 Å². The molecule has 0 unspecified atom stereocenters. The number of nitrogen functional groups attached to an aromatic ring is 1. The number of carbonyl (C=O) groups is 1. The van der Waals surface area contributed by atoms with Gasteiger partial charge in [0, 0.05) is 6.54 Å². The van der Waals surface area contributed by atoms with Crippen LogP contribution in [0.5, 0.6) is 0 Å². The molecule has 0 aliphatic carbocycles. The number of anilines is 2. The monoisotopic (exact) mass is 244 g/mol. The molecule has 3 N–H and O–H groups in total. The molecule has 88 valence electrons. The van der Waals surface area contributed by atoms with Crippen molar-refractivity contribution in [1.29, 1.82) is 0 Å². The minimum absolute atomic E-state index is 0.118. The summed E-state index contributed by atoms with van der Waals surface area (Å²) in [7, 11) is 1.34. The maximum absolute atomic E-state index is 10.9. The van der Waals surface area contributed by atoms with Gasteiger partial charge in [-0.15, -0.1) is 0 Å². The minimum atomic E-state index is -0.303. The molecule has 0 radical (unpaired) electrons. The lowest BCUT2D eigenvalue weighted by Crippen LogP contribution is -2.12. The number of aryl methyl sites for hydroxylation is 1. The summed E-state index contributed by atoms with van der Waals surface area (Å²) in [4.78, 5) is 18.7. The molecule has 0 aliphatic heterocycles. The summed E-state index contributed by atoms with van der Waals surface area (Å²) in [6.07, 6.45) is 0.233. The minimum Gasteiger partial charge on any atom is -0.469 e. The number of nitrogens with two attached hydrogens (primary N) is 1. The topological polar surface area (TPSA) is 90.1 Å². The molecule has 0 amide bonds. The molecule has 0 aromatic carbocycles. The second kappa shape index (κ2) is 5.50. The summed E-state index contributed by atoms with van der Waals surface area (Å²) >= 11 is 5.68. The summed E-state index contributed by atoms with van der Waals surface area (Å²) in [6.45, 7) is 2.11. The van der Waals surface area contributed by atoms with Crippen molar-refractivity contribution in [3.05, 3.63) is 11.0 Å². The number of aromatic nitrogens is 2. The van der Waals surface area contributed by atoms with Crippen molar-refractivity contribution in [3.8, 4) is 0 Å². The van der Waals surface area contributed by atoms with Gasteiger partial charge in [-0.05, 0) is 18.5 Å². The predicted molar refractivity (Wildman–Crippen MR) is 61.3 cm³/mol. The van der Waals surface area contributed by atoms with E-state index in [9.17, 15) is 4.79 Å². The van der Waals surface area contributed by atoms with Gasteiger partial charge in [-0.25, -0.2) is 4.98 Å². The zero-order chi connectivity index (χ0) is 12.1. The highest BCUT2D eigenvalue weighted by atomic mass is 35.5. The maximum Gasteiger partial charge on any atom is 0.307 e. The number of methoxy groups -OCH3 is 1. The van der Waals surface area contributed by atoms with Crippen molar-refractivity contribution in [2.75, 3.05) is 24.7 Å². The third-order valence-corrected chi connectivity index (χ3v) is 2.13. The molecule has 0 aliphatic rings. The number of nitrogens with zero attached hydrogens (tertiary/aromatic N) is 2. The van der Waals surface area contributed by atoms with E-state index in [1.165, 1.54) is 7.11 Å². The molecule has 0 spiro atoms. The van der Waals surface area contributed by atoms with Crippen molar-refractivity contribution >= 4 is 29.1 Å². The molecule has 0 saturated heterocycles. The summed E-state index contributed by atoms with van der Waals surface area (Å²) in [5, 5.41) is 3.02.